The van der Waals surface area contributed by atoms with E-state index in [0.717, 1.165) is 12.3 Å². The Labute approximate surface area is 139 Å². The molecule has 0 bridgehead atoms. The number of rotatable bonds is 5. The van der Waals surface area contributed by atoms with Crippen LogP contribution in [0.15, 0.2) is 56.9 Å². The number of benzene rings is 1. The summed E-state index contributed by atoms with van der Waals surface area (Å²) in [5, 5.41) is 0. The van der Waals surface area contributed by atoms with Crippen molar-refractivity contribution in [1.82, 2.24) is 4.72 Å². The van der Waals surface area contributed by atoms with Gasteiger partial charge in [-0.2, -0.15) is 0 Å². The number of sulfonamides is 1. The maximum absolute atomic E-state index is 12.3. The van der Waals surface area contributed by atoms with Gasteiger partial charge in [0.2, 0.25) is 5.91 Å². The van der Waals surface area contributed by atoms with Gasteiger partial charge in [0, 0.05) is 18.1 Å². The normalized spacial score (nSPS) is 20.5. The number of amides is 1. The Morgan fingerprint density at radius 1 is 1.12 bits per heavy atom. The van der Waals surface area contributed by atoms with Gasteiger partial charge in [-0.3, -0.25) is 4.79 Å². The van der Waals surface area contributed by atoms with Gasteiger partial charge in [-0.05, 0) is 36.8 Å². The second-order valence-corrected chi connectivity index (χ2v) is 9.38. The molecule has 3 rings (SSSR count). The van der Waals surface area contributed by atoms with E-state index >= 15 is 0 Å². The fraction of sp³-hybridized carbons (Fsp3) is 0.267. The number of nitrogens with one attached hydrogen (secondary N) is 1. The van der Waals surface area contributed by atoms with Gasteiger partial charge in [-0.25, -0.2) is 21.6 Å². The lowest BCUT2D eigenvalue weighted by Gasteiger charge is -2.08. The first-order chi connectivity index (χ1) is 11.2. The summed E-state index contributed by atoms with van der Waals surface area (Å²) in [6.07, 6.45) is 2.99. The van der Waals surface area contributed by atoms with Crippen LogP contribution in [0, 0.1) is 5.92 Å². The Kier molecular flexibility index (Phi) is 4.00. The molecule has 1 aromatic heterocycles. The average Bonchev–Trinajstić information content (AvgIpc) is 3.12. The maximum Gasteiger partial charge on any atom is 0.264 e. The molecule has 0 radical (unpaired) electrons. The standard InChI is InChI=1S/C15H15NO6S2/c1-23(18,19)10-4-2-5-11(8-10)24(20,21)16-15(17)13-9-12(13)14-6-3-7-22-14/h2-8,12-13H,9H2,1H3,(H,16,17)/t12-,13+/m0/s1. The van der Waals surface area contributed by atoms with E-state index in [1.807, 2.05) is 4.72 Å². The fourth-order valence-corrected chi connectivity index (χ4v) is 4.26. The molecular formula is C15H15NO6S2. The predicted molar refractivity (Wildman–Crippen MR) is 84.4 cm³/mol. The molecule has 2 aromatic rings. The molecule has 1 saturated carbocycles. The van der Waals surface area contributed by atoms with Crippen molar-refractivity contribution in [3.8, 4) is 0 Å². The van der Waals surface area contributed by atoms with Crippen LogP contribution in [0.2, 0.25) is 0 Å². The highest BCUT2D eigenvalue weighted by molar-refractivity contribution is 7.91. The molecule has 128 valence electrons. The zero-order valence-corrected chi connectivity index (χ0v) is 14.3. The molecular weight excluding hydrogens is 354 g/mol. The molecule has 1 fully saturated rings. The number of hydrogen-bond acceptors (Lipinski definition) is 6. The molecule has 2 atom stereocenters. The molecule has 1 heterocycles. The van der Waals surface area contributed by atoms with Crippen molar-refractivity contribution in [3.05, 3.63) is 48.4 Å². The zero-order valence-electron chi connectivity index (χ0n) is 12.7. The SMILES string of the molecule is CS(=O)(=O)c1cccc(S(=O)(=O)NC(=O)[C@@H]2C[C@@H]2c2ccco2)c1. The van der Waals surface area contributed by atoms with Gasteiger partial charge >= 0.3 is 0 Å². The van der Waals surface area contributed by atoms with E-state index in [-0.39, 0.29) is 15.7 Å². The van der Waals surface area contributed by atoms with E-state index in [0.29, 0.717) is 12.2 Å². The Morgan fingerprint density at radius 3 is 2.46 bits per heavy atom. The number of furan rings is 1. The molecule has 1 aromatic carbocycles. The van der Waals surface area contributed by atoms with Crippen LogP contribution in [-0.4, -0.2) is 29.0 Å². The van der Waals surface area contributed by atoms with Gasteiger partial charge < -0.3 is 4.42 Å². The molecule has 0 saturated heterocycles. The van der Waals surface area contributed by atoms with E-state index in [1.165, 1.54) is 24.5 Å². The Morgan fingerprint density at radius 2 is 1.83 bits per heavy atom. The molecule has 1 aliphatic carbocycles. The lowest BCUT2D eigenvalue weighted by Crippen LogP contribution is -2.32. The van der Waals surface area contributed by atoms with E-state index in [1.54, 1.807) is 12.1 Å². The highest BCUT2D eigenvalue weighted by Gasteiger charge is 2.46. The Balaban J connectivity index is 1.76. The van der Waals surface area contributed by atoms with Gasteiger partial charge in [0.1, 0.15) is 5.76 Å². The first-order valence-electron chi connectivity index (χ1n) is 7.09. The fourth-order valence-electron chi connectivity index (χ4n) is 2.44. The smallest absolute Gasteiger partial charge is 0.264 e. The van der Waals surface area contributed by atoms with Crippen molar-refractivity contribution in [2.45, 2.75) is 22.1 Å². The van der Waals surface area contributed by atoms with Crippen molar-refractivity contribution in [2.24, 2.45) is 5.92 Å². The van der Waals surface area contributed by atoms with Crippen LogP contribution in [0.1, 0.15) is 18.1 Å². The van der Waals surface area contributed by atoms with Crippen LogP contribution < -0.4 is 4.72 Å². The zero-order chi connectivity index (χ0) is 17.5. The van der Waals surface area contributed by atoms with Crippen LogP contribution in [0.25, 0.3) is 0 Å². The van der Waals surface area contributed by atoms with Gasteiger partial charge in [0.25, 0.3) is 10.0 Å². The molecule has 0 aliphatic heterocycles. The van der Waals surface area contributed by atoms with E-state index in [2.05, 4.69) is 0 Å². The van der Waals surface area contributed by atoms with Crippen LogP contribution in [-0.2, 0) is 24.7 Å². The van der Waals surface area contributed by atoms with Crippen molar-refractivity contribution >= 4 is 25.8 Å². The van der Waals surface area contributed by atoms with Gasteiger partial charge in [0.05, 0.1) is 16.1 Å². The van der Waals surface area contributed by atoms with E-state index in [4.69, 9.17) is 4.42 Å². The van der Waals surface area contributed by atoms with Crippen molar-refractivity contribution in [1.29, 1.82) is 0 Å². The number of sulfone groups is 1. The second-order valence-electron chi connectivity index (χ2n) is 5.68. The van der Waals surface area contributed by atoms with Crippen LogP contribution >= 0.6 is 0 Å². The third-order valence-corrected chi connectivity index (χ3v) is 6.27. The van der Waals surface area contributed by atoms with Crippen LogP contribution in [0.4, 0.5) is 0 Å². The minimum absolute atomic E-state index is 0.127. The summed E-state index contributed by atoms with van der Waals surface area (Å²) in [4.78, 5) is 11.7. The summed E-state index contributed by atoms with van der Waals surface area (Å²) < 4.78 is 54.9. The molecule has 24 heavy (non-hydrogen) atoms. The summed E-state index contributed by atoms with van der Waals surface area (Å²) in [6.45, 7) is 0. The average molecular weight is 369 g/mol. The van der Waals surface area contributed by atoms with E-state index in [9.17, 15) is 21.6 Å². The van der Waals surface area contributed by atoms with E-state index < -0.39 is 31.7 Å². The molecule has 0 spiro atoms. The van der Waals surface area contributed by atoms with Crippen molar-refractivity contribution < 1.29 is 26.0 Å². The lowest BCUT2D eigenvalue weighted by molar-refractivity contribution is -0.120. The van der Waals surface area contributed by atoms with Gasteiger partial charge in [-0.15, -0.1) is 0 Å². The van der Waals surface area contributed by atoms with Gasteiger partial charge in [0.15, 0.2) is 9.84 Å². The Bertz CT molecular complexity index is 977. The number of hydrogen-bond donors (Lipinski definition) is 1. The summed E-state index contributed by atoms with van der Waals surface area (Å²) >= 11 is 0. The van der Waals surface area contributed by atoms with Gasteiger partial charge in [-0.1, -0.05) is 6.07 Å². The molecule has 1 aliphatic rings. The quantitative estimate of drug-likeness (QED) is 0.850. The lowest BCUT2D eigenvalue weighted by atomic mass is 10.2. The first kappa shape index (κ1) is 16.7. The molecule has 7 nitrogen and oxygen atoms in total. The highest BCUT2D eigenvalue weighted by atomic mass is 32.2. The third kappa shape index (κ3) is 3.36. The van der Waals surface area contributed by atoms with Crippen LogP contribution in [0.5, 0.6) is 0 Å². The second kappa shape index (κ2) is 5.75. The van der Waals surface area contributed by atoms with Crippen molar-refractivity contribution in [2.75, 3.05) is 6.26 Å². The minimum atomic E-state index is -4.13. The summed E-state index contributed by atoms with van der Waals surface area (Å²) in [6, 6.07) is 8.32. The number of carbonyl (C=O) groups excluding carboxylic acids is 1. The minimum Gasteiger partial charge on any atom is -0.469 e. The highest BCUT2D eigenvalue weighted by Crippen LogP contribution is 2.47. The topological polar surface area (TPSA) is 111 Å². The molecule has 9 heteroatoms. The largest absolute Gasteiger partial charge is 0.469 e. The summed E-state index contributed by atoms with van der Waals surface area (Å²) in [5.41, 5.74) is 0. The third-order valence-electron chi connectivity index (χ3n) is 3.81. The first-order valence-corrected chi connectivity index (χ1v) is 10.5. The summed E-state index contributed by atoms with van der Waals surface area (Å²) in [5.74, 6) is -0.575. The Hall–Kier alpha value is -2.13. The maximum atomic E-state index is 12.3. The van der Waals surface area contributed by atoms with Crippen LogP contribution in [0.3, 0.4) is 0 Å². The summed E-state index contributed by atoms with van der Waals surface area (Å²) in [7, 11) is -7.68. The molecule has 1 N–H and O–H groups in total. The van der Waals surface area contributed by atoms with Crippen molar-refractivity contribution in [3.63, 3.8) is 0 Å². The molecule has 0 unspecified atom stereocenters. The molecule has 1 amide bonds. The predicted octanol–water partition coefficient (Wildman–Crippen LogP) is 1.29. The number of carbonyl (C=O) groups is 1. The monoisotopic (exact) mass is 369 g/mol.